The van der Waals surface area contributed by atoms with E-state index in [0.29, 0.717) is 23.6 Å². The van der Waals surface area contributed by atoms with Crippen molar-refractivity contribution in [3.63, 3.8) is 0 Å². The van der Waals surface area contributed by atoms with Gasteiger partial charge in [0.1, 0.15) is 5.69 Å². The van der Waals surface area contributed by atoms with Crippen LogP contribution in [0.1, 0.15) is 30.3 Å². The minimum atomic E-state index is 0.00409. The number of nitrogens with zero attached hydrogens (tertiary/aromatic N) is 1. The van der Waals surface area contributed by atoms with Crippen molar-refractivity contribution in [3.05, 3.63) is 29.0 Å². The number of rotatable bonds is 3. The molecule has 72 valence electrons. The highest BCUT2D eigenvalue weighted by Gasteiger charge is 2.05. The molecular formula is C11H10ClNO. The normalized spacial score (nSPS) is 9.00. The summed E-state index contributed by atoms with van der Waals surface area (Å²) in [6, 6.07) is 3.29. The predicted molar refractivity (Wildman–Crippen MR) is 56.3 cm³/mol. The van der Waals surface area contributed by atoms with E-state index < -0.39 is 0 Å². The van der Waals surface area contributed by atoms with Crippen molar-refractivity contribution in [1.82, 2.24) is 4.98 Å². The molecule has 0 unspecified atom stereocenters. The van der Waals surface area contributed by atoms with Crippen LogP contribution in [0.3, 0.4) is 0 Å². The number of Topliss-reactive ketones (excluding diaryl/α,β-unsaturated/α-hetero) is 1. The Hall–Kier alpha value is -1.33. The molecule has 14 heavy (non-hydrogen) atoms. The summed E-state index contributed by atoms with van der Waals surface area (Å²) in [5.41, 5.74) is 0.451. The van der Waals surface area contributed by atoms with Crippen LogP contribution in [0.2, 0.25) is 5.02 Å². The molecule has 0 saturated heterocycles. The highest BCUT2D eigenvalue weighted by molar-refractivity contribution is 6.30. The Morgan fingerprint density at radius 3 is 2.93 bits per heavy atom. The lowest BCUT2D eigenvalue weighted by atomic mass is 10.1. The Labute approximate surface area is 88.3 Å². The largest absolute Gasteiger partial charge is 0.292 e. The molecule has 0 spiro atoms. The van der Waals surface area contributed by atoms with Gasteiger partial charge in [0.15, 0.2) is 5.78 Å². The van der Waals surface area contributed by atoms with E-state index >= 15 is 0 Å². The smallest absolute Gasteiger partial charge is 0.182 e. The topological polar surface area (TPSA) is 30.0 Å². The zero-order valence-electron chi connectivity index (χ0n) is 7.88. The van der Waals surface area contributed by atoms with Crippen LogP contribution in [0, 0.1) is 11.8 Å². The lowest BCUT2D eigenvalue weighted by molar-refractivity contribution is 0.0979. The molecule has 0 amide bonds. The summed E-state index contributed by atoms with van der Waals surface area (Å²) in [5.74, 6) is 5.58. The number of hydrogen-bond acceptors (Lipinski definition) is 2. The molecule has 1 rings (SSSR count). The van der Waals surface area contributed by atoms with Gasteiger partial charge in [0.25, 0.3) is 0 Å². The second-order valence-electron chi connectivity index (χ2n) is 2.71. The molecule has 1 aromatic heterocycles. The third-order valence-corrected chi connectivity index (χ3v) is 1.89. The van der Waals surface area contributed by atoms with E-state index in [9.17, 15) is 4.79 Å². The van der Waals surface area contributed by atoms with E-state index in [1.807, 2.05) is 0 Å². The molecule has 0 bridgehead atoms. The van der Waals surface area contributed by atoms with Gasteiger partial charge in [-0.05, 0) is 19.1 Å². The highest BCUT2D eigenvalue weighted by atomic mass is 35.5. The minimum absolute atomic E-state index is 0.00409. The average molecular weight is 208 g/mol. The summed E-state index contributed by atoms with van der Waals surface area (Å²) < 4.78 is 0. The molecule has 0 aliphatic heterocycles. The number of halogens is 1. The molecule has 0 aliphatic rings. The monoisotopic (exact) mass is 207 g/mol. The highest BCUT2D eigenvalue weighted by Crippen LogP contribution is 2.08. The van der Waals surface area contributed by atoms with Gasteiger partial charge in [-0.15, -0.1) is 11.8 Å². The number of hydrogen-bond donors (Lipinski definition) is 0. The number of ketones is 1. The molecule has 0 radical (unpaired) electrons. The Bertz CT molecular complexity index is 373. The molecule has 3 heteroatoms. The van der Waals surface area contributed by atoms with Crippen molar-refractivity contribution in [3.8, 4) is 11.8 Å². The third-order valence-electron chi connectivity index (χ3n) is 1.67. The van der Waals surface area contributed by atoms with Crippen LogP contribution in [0.25, 0.3) is 0 Å². The van der Waals surface area contributed by atoms with Crippen LogP contribution in [-0.2, 0) is 0 Å². The molecule has 0 saturated carbocycles. The zero-order chi connectivity index (χ0) is 10.4. The standard InChI is InChI=1S/C11H10ClNO/c1-2-3-4-5-11(14)10-7-6-9(12)8-13-10/h6-8H,4-5H2,1H3. The van der Waals surface area contributed by atoms with Gasteiger partial charge in [0, 0.05) is 19.0 Å². The van der Waals surface area contributed by atoms with Gasteiger partial charge in [-0.25, -0.2) is 0 Å². The molecule has 0 fully saturated rings. The first-order chi connectivity index (χ1) is 6.74. The number of carbonyl (C=O) groups is 1. The van der Waals surface area contributed by atoms with E-state index in [1.54, 1.807) is 19.1 Å². The van der Waals surface area contributed by atoms with Gasteiger partial charge in [-0.1, -0.05) is 11.6 Å². The van der Waals surface area contributed by atoms with E-state index in [1.165, 1.54) is 6.20 Å². The van der Waals surface area contributed by atoms with Crippen molar-refractivity contribution >= 4 is 17.4 Å². The quantitative estimate of drug-likeness (QED) is 0.564. The fourth-order valence-electron chi connectivity index (χ4n) is 0.970. The first kappa shape index (κ1) is 10.7. The maximum atomic E-state index is 11.5. The number of pyridine rings is 1. The average Bonchev–Trinajstić information content (AvgIpc) is 2.19. The van der Waals surface area contributed by atoms with Gasteiger partial charge >= 0.3 is 0 Å². The molecule has 1 aromatic rings. The summed E-state index contributed by atoms with van der Waals surface area (Å²) in [6.07, 6.45) is 2.47. The van der Waals surface area contributed by atoms with Gasteiger partial charge in [0.2, 0.25) is 0 Å². The van der Waals surface area contributed by atoms with Crippen molar-refractivity contribution in [2.45, 2.75) is 19.8 Å². The molecule has 0 aromatic carbocycles. The zero-order valence-corrected chi connectivity index (χ0v) is 8.64. The summed E-state index contributed by atoms with van der Waals surface area (Å²) in [6.45, 7) is 1.75. The Morgan fingerprint density at radius 2 is 2.36 bits per heavy atom. The van der Waals surface area contributed by atoms with Gasteiger partial charge < -0.3 is 0 Å². The first-order valence-corrected chi connectivity index (χ1v) is 4.66. The van der Waals surface area contributed by atoms with Gasteiger partial charge in [0.05, 0.1) is 5.02 Å². The molecule has 1 heterocycles. The van der Waals surface area contributed by atoms with E-state index in [2.05, 4.69) is 16.8 Å². The molecule has 0 N–H and O–H groups in total. The Morgan fingerprint density at radius 1 is 1.57 bits per heavy atom. The third kappa shape index (κ3) is 3.20. The van der Waals surface area contributed by atoms with Crippen molar-refractivity contribution < 1.29 is 4.79 Å². The minimum Gasteiger partial charge on any atom is -0.292 e. The van der Waals surface area contributed by atoms with E-state index in [0.717, 1.165) is 0 Å². The summed E-state index contributed by atoms with van der Waals surface area (Å²) >= 11 is 5.65. The van der Waals surface area contributed by atoms with Crippen LogP contribution in [0.5, 0.6) is 0 Å². The van der Waals surface area contributed by atoms with E-state index in [4.69, 9.17) is 11.6 Å². The molecular weight excluding hydrogens is 198 g/mol. The lowest BCUT2D eigenvalue weighted by Crippen LogP contribution is -2.00. The summed E-state index contributed by atoms with van der Waals surface area (Å²) in [7, 11) is 0. The van der Waals surface area contributed by atoms with Crippen molar-refractivity contribution in [2.24, 2.45) is 0 Å². The fraction of sp³-hybridized carbons (Fsp3) is 0.273. The molecule has 2 nitrogen and oxygen atoms in total. The Balaban J connectivity index is 2.59. The van der Waals surface area contributed by atoms with Gasteiger partial charge in [-0.3, -0.25) is 9.78 Å². The number of carbonyl (C=O) groups excluding carboxylic acids is 1. The maximum absolute atomic E-state index is 11.5. The lowest BCUT2D eigenvalue weighted by Gasteiger charge is -1.96. The van der Waals surface area contributed by atoms with Crippen LogP contribution < -0.4 is 0 Å². The Kier molecular flexibility index (Phi) is 4.15. The van der Waals surface area contributed by atoms with Crippen LogP contribution >= 0.6 is 11.6 Å². The number of aromatic nitrogens is 1. The van der Waals surface area contributed by atoms with Crippen LogP contribution in [0.15, 0.2) is 18.3 Å². The molecule has 0 atom stereocenters. The maximum Gasteiger partial charge on any atom is 0.182 e. The van der Waals surface area contributed by atoms with Crippen LogP contribution in [-0.4, -0.2) is 10.8 Å². The van der Waals surface area contributed by atoms with E-state index in [-0.39, 0.29) is 5.78 Å². The first-order valence-electron chi connectivity index (χ1n) is 4.28. The second kappa shape index (κ2) is 5.41. The predicted octanol–water partition coefficient (Wildman–Crippen LogP) is 2.72. The second-order valence-corrected chi connectivity index (χ2v) is 3.15. The molecule has 0 aliphatic carbocycles. The fourth-order valence-corrected chi connectivity index (χ4v) is 1.08. The van der Waals surface area contributed by atoms with Crippen LogP contribution in [0.4, 0.5) is 0 Å². The SMILES string of the molecule is CC#CCCC(=O)c1ccc(Cl)cn1. The van der Waals surface area contributed by atoms with Crippen molar-refractivity contribution in [1.29, 1.82) is 0 Å². The van der Waals surface area contributed by atoms with Gasteiger partial charge in [-0.2, -0.15) is 0 Å². The summed E-state index contributed by atoms with van der Waals surface area (Å²) in [5, 5.41) is 0.537. The van der Waals surface area contributed by atoms with Crippen molar-refractivity contribution in [2.75, 3.05) is 0 Å². The summed E-state index contributed by atoms with van der Waals surface area (Å²) in [4.78, 5) is 15.4.